The summed E-state index contributed by atoms with van der Waals surface area (Å²) < 4.78 is 0. The molecule has 3 heteroatoms. The van der Waals surface area contributed by atoms with Crippen molar-refractivity contribution in [2.75, 3.05) is 19.7 Å². The Kier molecular flexibility index (Phi) is 16.6. The summed E-state index contributed by atoms with van der Waals surface area (Å²) in [5.74, 6) is 5.53. The molecule has 0 aromatic heterocycles. The fourth-order valence-corrected chi connectivity index (χ4v) is 1.50. The van der Waals surface area contributed by atoms with Crippen molar-refractivity contribution < 1.29 is 27.4 Å². The molecule has 0 atom stereocenters. The maximum atomic E-state index is 8.45. The number of aliphatic hydroxyl groups is 1. The smallest absolute Gasteiger partial charge is 0.138 e. The van der Waals surface area contributed by atoms with Crippen molar-refractivity contribution in [3.05, 3.63) is 11.6 Å². The lowest BCUT2D eigenvalue weighted by Gasteiger charge is -2.03. The van der Waals surface area contributed by atoms with Gasteiger partial charge in [0, 0.05) is 0 Å². The zero-order chi connectivity index (χ0) is 11.4. The topological polar surface area (TPSA) is 36.8 Å². The van der Waals surface area contributed by atoms with Crippen molar-refractivity contribution in [2.24, 2.45) is 0 Å². The molecule has 94 valence electrons. The van der Waals surface area contributed by atoms with E-state index in [1.54, 1.807) is 5.57 Å². The zero-order valence-electron chi connectivity index (χ0n) is 10.4. The van der Waals surface area contributed by atoms with Crippen molar-refractivity contribution in [3.8, 4) is 11.8 Å². The SMILES string of the molecule is CCCC(=CC[NH2+]CC#CCO)CCC.[Br-]. The fourth-order valence-electron chi connectivity index (χ4n) is 1.50. The number of quaternary nitrogens is 1. The van der Waals surface area contributed by atoms with Crippen LogP contribution >= 0.6 is 0 Å². The summed E-state index contributed by atoms with van der Waals surface area (Å²) in [6.45, 7) is 6.21. The standard InChI is InChI=1S/C13H23NO.BrH/c1-3-7-13(8-4-2)9-11-14-10-5-6-12-15;/h9,14-15H,3-4,7-8,10-12H2,1-2H3;1H. The van der Waals surface area contributed by atoms with Gasteiger partial charge in [0.05, 0.1) is 6.54 Å². The molecule has 0 amide bonds. The van der Waals surface area contributed by atoms with E-state index in [1.165, 1.54) is 25.7 Å². The number of hydrogen-bond acceptors (Lipinski definition) is 1. The minimum absolute atomic E-state index is 0. The van der Waals surface area contributed by atoms with Gasteiger partial charge in [-0.25, -0.2) is 0 Å². The van der Waals surface area contributed by atoms with Crippen LogP contribution < -0.4 is 22.3 Å². The second-order valence-corrected chi connectivity index (χ2v) is 3.60. The Hall–Kier alpha value is -0.300. The number of halogens is 1. The first-order valence-corrected chi connectivity index (χ1v) is 5.91. The summed E-state index contributed by atoms with van der Waals surface area (Å²) >= 11 is 0. The van der Waals surface area contributed by atoms with E-state index < -0.39 is 0 Å². The highest BCUT2D eigenvalue weighted by Crippen LogP contribution is 2.10. The normalized spacial score (nSPS) is 8.69. The molecule has 16 heavy (non-hydrogen) atoms. The maximum absolute atomic E-state index is 8.45. The zero-order valence-corrected chi connectivity index (χ0v) is 12.0. The van der Waals surface area contributed by atoms with Gasteiger partial charge in [-0.2, -0.15) is 0 Å². The lowest BCUT2D eigenvalue weighted by Crippen LogP contribution is -3.00. The van der Waals surface area contributed by atoms with Gasteiger partial charge in [-0.1, -0.05) is 38.2 Å². The van der Waals surface area contributed by atoms with E-state index in [0.29, 0.717) is 0 Å². The van der Waals surface area contributed by atoms with Gasteiger partial charge in [0.2, 0.25) is 0 Å². The summed E-state index contributed by atoms with van der Waals surface area (Å²) in [7, 11) is 0. The fraction of sp³-hybridized carbons (Fsp3) is 0.692. The maximum Gasteiger partial charge on any atom is 0.138 e. The van der Waals surface area contributed by atoms with Crippen LogP contribution in [-0.4, -0.2) is 24.8 Å². The molecule has 0 aliphatic heterocycles. The van der Waals surface area contributed by atoms with Crippen LogP contribution in [0.1, 0.15) is 39.5 Å². The molecule has 0 bridgehead atoms. The van der Waals surface area contributed by atoms with Crippen molar-refractivity contribution in [1.29, 1.82) is 0 Å². The molecule has 0 spiro atoms. The third kappa shape index (κ3) is 11.8. The second kappa shape index (κ2) is 14.7. The molecule has 0 heterocycles. The summed E-state index contributed by atoms with van der Waals surface area (Å²) in [5, 5.41) is 10.6. The molecule has 0 rings (SSSR count). The van der Waals surface area contributed by atoms with Crippen LogP contribution in [0.4, 0.5) is 0 Å². The van der Waals surface area contributed by atoms with Gasteiger partial charge in [0.1, 0.15) is 13.2 Å². The third-order valence-electron chi connectivity index (χ3n) is 2.17. The Morgan fingerprint density at radius 3 is 2.31 bits per heavy atom. The monoisotopic (exact) mass is 289 g/mol. The van der Waals surface area contributed by atoms with Gasteiger partial charge in [-0.15, -0.1) is 0 Å². The van der Waals surface area contributed by atoms with Gasteiger partial charge in [0.15, 0.2) is 0 Å². The van der Waals surface area contributed by atoms with Crippen LogP contribution in [0.5, 0.6) is 0 Å². The molecule has 0 aliphatic rings. The minimum Gasteiger partial charge on any atom is -1.00 e. The Morgan fingerprint density at radius 1 is 1.19 bits per heavy atom. The number of allylic oxidation sites excluding steroid dienone is 1. The Labute approximate surface area is 110 Å². The van der Waals surface area contributed by atoms with Crippen molar-refractivity contribution in [3.63, 3.8) is 0 Å². The van der Waals surface area contributed by atoms with Crippen molar-refractivity contribution in [2.45, 2.75) is 39.5 Å². The quantitative estimate of drug-likeness (QED) is 0.320. The average molecular weight is 290 g/mol. The van der Waals surface area contributed by atoms with Crippen LogP contribution in [0.2, 0.25) is 0 Å². The Balaban J connectivity index is 0. The van der Waals surface area contributed by atoms with E-state index in [-0.39, 0.29) is 23.6 Å². The van der Waals surface area contributed by atoms with Gasteiger partial charge < -0.3 is 27.4 Å². The Morgan fingerprint density at radius 2 is 1.81 bits per heavy atom. The van der Waals surface area contributed by atoms with Crippen molar-refractivity contribution >= 4 is 0 Å². The predicted molar refractivity (Wildman–Crippen MR) is 64.4 cm³/mol. The molecule has 0 aromatic rings. The summed E-state index contributed by atoms with van der Waals surface area (Å²) in [6, 6.07) is 0. The molecule has 0 unspecified atom stereocenters. The van der Waals surface area contributed by atoms with Crippen LogP contribution in [-0.2, 0) is 0 Å². The molecule has 0 radical (unpaired) electrons. The molecular formula is C13H24BrNO. The second-order valence-electron chi connectivity index (χ2n) is 3.60. The van der Waals surface area contributed by atoms with Crippen molar-refractivity contribution in [1.82, 2.24) is 0 Å². The molecule has 3 N–H and O–H groups in total. The van der Waals surface area contributed by atoms with Gasteiger partial charge >= 0.3 is 0 Å². The van der Waals surface area contributed by atoms with Crippen LogP contribution in [0, 0.1) is 11.8 Å². The average Bonchev–Trinajstić information content (AvgIpc) is 2.24. The highest BCUT2D eigenvalue weighted by Gasteiger charge is 1.94. The Bertz CT molecular complexity index is 220. The molecule has 0 aliphatic carbocycles. The van der Waals surface area contributed by atoms with E-state index in [9.17, 15) is 0 Å². The van der Waals surface area contributed by atoms with Crippen LogP contribution in [0.3, 0.4) is 0 Å². The van der Waals surface area contributed by atoms with Crippen LogP contribution in [0.25, 0.3) is 0 Å². The largest absolute Gasteiger partial charge is 1.00 e. The van der Waals surface area contributed by atoms with E-state index in [1.807, 2.05) is 0 Å². The summed E-state index contributed by atoms with van der Waals surface area (Å²) in [4.78, 5) is 0. The highest BCUT2D eigenvalue weighted by atomic mass is 79.9. The molecule has 0 saturated carbocycles. The number of hydrogen-bond donors (Lipinski definition) is 2. The summed E-state index contributed by atoms with van der Waals surface area (Å²) in [5.41, 5.74) is 1.58. The van der Waals surface area contributed by atoms with Crippen LogP contribution in [0.15, 0.2) is 11.6 Å². The third-order valence-corrected chi connectivity index (χ3v) is 2.17. The molecule has 0 saturated heterocycles. The number of aliphatic hydroxyl groups excluding tert-OH is 1. The summed E-state index contributed by atoms with van der Waals surface area (Å²) in [6.07, 6.45) is 7.24. The first kappa shape index (κ1) is 18.1. The number of nitrogens with two attached hydrogens (primary N) is 1. The predicted octanol–water partition coefficient (Wildman–Crippen LogP) is -1.92. The van der Waals surface area contributed by atoms with Gasteiger partial charge in [-0.05, 0) is 24.8 Å². The highest BCUT2D eigenvalue weighted by molar-refractivity contribution is 5.01. The molecule has 0 fully saturated rings. The van der Waals surface area contributed by atoms with Gasteiger partial charge in [0.25, 0.3) is 0 Å². The minimum atomic E-state index is -0.0272. The number of rotatable bonds is 7. The van der Waals surface area contributed by atoms with E-state index >= 15 is 0 Å². The lowest BCUT2D eigenvalue weighted by molar-refractivity contribution is -0.635. The first-order valence-electron chi connectivity index (χ1n) is 5.91. The first-order chi connectivity index (χ1) is 7.35. The van der Waals surface area contributed by atoms with E-state index in [4.69, 9.17) is 5.11 Å². The van der Waals surface area contributed by atoms with Gasteiger partial charge in [-0.3, -0.25) is 0 Å². The van der Waals surface area contributed by atoms with E-state index in [0.717, 1.165) is 13.1 Å². The van der Waals surface area contributed by atoms with E-state index in [2.05, 4.69) is 37.1 Å². The molecular weight excluding hydrogens is 266 g/mol. The molecule has 2 nitrogen and oxygen atoms in total. The lowest BCUT2D eigenvalue weighted by atomic mass is 10.1. The molecule has 0 aromatic carbocycles.